The molecule has 0 aromatic rings. The minimum absolute atomic E-state index is 0.925. The van der Waals surface area contributed by atoms with E-state index in [4.69, 9.17) is 0 Å². The average molecular weight is 212 g/mol. The quantitative estimate of drug-likeness (QED) is 0.342. The summed E-state index contributed by atoms with van der Waals surface area (Å²) in [6.45, 7) is 3.04. The molecule has 1 rings (SSSR count). The first-order chi connectivity index (χ1) is 6.93. The van der Waals surface area contributed by atoms with E-state index < -0.39 is 0 Å². The fourth-order valence-electron chi connectivity index (χ4n) is 1.56. The van der Waals surface area contributed by atoms with Crippen molar-refractivity contribution >= 4 is 12.8 Å². The van der Waals surface area contributed by atoms with Crippen molar-refractivity contribution in [1.29, 1.82) is 0 Å². The number of thiol groups is 1. The van der Waals surface area contributed by atoms with Gasteiger partial charge in [-0.25, -0.2) is 0 Å². The largest absolute Gasteiger partial charge is 0.315 e. The van der Waals surface area contributed by atoms with E-state index in [0.717, 1.165) is 32.5 Å². The van der Waals surface area contributed by atoms with Crippen molar-refractivity contribution < 1.29 is 0 Å². The van der Waals surface area contributed by atoms with Crippen LogP contribution < -0.4 is 10.0 Å². The summed E-state index contributed by atoms with van der Waals surface area (Å²) in [7, 11) is 0. The summed E-state index contributed by atoms with van der Waals surface area (Å²) in [6, 6.07) is 0. The van der Waals surface area contributed by atoms with Gasteiger partial charge >= 0.3 is 0 Å². The van der Waals surface area contributed by atoms with Gasteiger partial charge < -0.3 is 5.32 Å². The van der Waals surface area contributed by atoms with Crippen LogP contribution in [0.15, 0.2) is 23.8 Å². The van der Waals surface area contributed by atoms with Gasteiger partial charge in [-0.1, -0.05) is 36.6 Å². The van der Waals surface area contributed by atoms with Crippen LogP contribution in [0.25, 0.3) is 0 Å². The van der Waals surface area contributed by atoms with Crippen LogP contribution in [0, 0.1) is 0 Å². The van der Waals surface area contributed by atoms with Crippen LogP contribution in [-0.2, 0) is 0 Å². The SMILES string of the molecule is SNCCNCCCC1=CCC=CC1. The molecule has 0 saturated heterocycles. The molecule has 0 aromatic carbocycles. The standard InChI is InChI=1S/C11H20N2S/c14-13-10-9-12-8-4-7-11-5-2-1-3-6-11/h1-2,6,12-14H,3-5,7-10H2. The molecule has 0 unspecified atom stereocenters. The van der Waals surface area contributed by atoms with E-state index in [0.29, 0.717) is 0 Å². The molecule has 0 saturated carbocycles. The molecule has 1 aliphatic carbocycles. The van der Waals surface area contributed by atoms with Crippen molar-refractivity contribution in [3.05, 3.63) is 23.8 Å². The highest BCUT2D eigenvalue weighted by Crippen LogP contribution is 2.15. The van der Waals surface area contributed by atoms with Gasteiger partial charge in [-0.3, -0.25) is 4.72 Å². The van der Waals surface area contributed by atoms with Crippen LogP contribution in [-0.4, -0.2) is 19.6 Å². The molecule has 0 heterocycles. The van der Waals surface area contributed by atoms with E-state index >= 15 is 0 Å². The molecular formula is C11H20N2S. The molecule has 14 heavy (non-hydrogen) atoms. The second kappa shape index (κ2) is 8.09. The molecule has 0 radical (unpaired) electrons. The molecule has 80 valence electrons. The van der Waals surface area contributed by atoms with E-state index in [1.165, 1.54) is 12.8 Å². The van der Waals surface area contributed by atoms with Crippen LogP contribution in [0.4, 0.5) is 0 Å². The first-order valence-corrected chi connectivity index (χ1v) is 5.79. The Morgan fingerprint density at radius 1 is 1.21 bits per heavy atom. The molecule has 0 aliphatic heterocycles. The summed E-state index contributed by atoms with van der Waals surface area (Å²) in [4.78, 5) is 0. The molecule has 0 aromatic heterocycles. The Kier molecular flexibility index (Phi) is 6.83. The highest BCUT2D eigenvalue weighted by Gasteiger charge is 1.98. The Bertz CT molecular complexity index is 199. The zero-order chi connectivity index (χ0) is 10.1. The lowest BCUT2D eigenvalue weighted by Crippen LogP contribution is -2.23. The van der Waals surface area contributed by atoms with Crippen molar-refractivity contribution in [2.45, 2.75) is 25.7 Å². The highest BCUT2D eigenvalue weighted by atomic mass is 32.1. The zero-order valence-electron chi connectivity index (χ0n) is 8.63. The third-order valence-corrected chi connectivity index (χ3v) is 2.58. The third kappa shape index (κ3) is 5.47. The Hall–Kier alpha value is -0.250. The van der Waals surface area contributed by atoms with Gasteiger partial charge in [-0.05, 0) is 32.2 Å². The van der Waals surface area contributed by atoms with Gasteiger partial charge in [0.1, 0.15) is 0 Å². The number of rotatable bonds is 7. The van der Waals surface area contributed by atoms with Crippen molar-refractivity contribution in [3.63, 3.8) is 0 Å². The lowest BCUT2D eigenvalue weighted by Gasteiger charge is -2.08. The van der Waals surface area contributed by atoms with Crippen molar-refractivity contribution in [3.8, 4) is 0 Å². The maximum atomic E-state index is 3.92. The monoisotopic (exact) mass is 212 g/mol. The van der Waals surface area contributed by atoms with Crippen LogP contribution in [0.3, 0.4) is 0 Å². The highest BCUT2D eigenvalue weighted by molar-refractivity contribution is 7.78. The van der Waals surface area contributed by atoms with Gasteiger partial charge in [0.25, 0.3) is 0 Å². The maximum Gasteiger partial charge on any atom is 0.0182 e. The molecule has 2 N–H and O–H groups in total. The molecule has 0 fully saturated rings. The topological polar surface area (TPSA) is 24.1 Å². The van der Waals surface area contributed by atoms with Gasteiger partial charge in [0.15, 0.2) is 0 Å². The second-order valence-corrected chi connectivity index (χ2v) is 3.85. The van der Waals surface area contributed by atoms with Crippen molar-refractivity contribution in [1.82, 2.24) is 10.0 Å². The van der Waals surface area contributed by atoms with Crippen LogP contribution in [0.1, 0.15) is 25.7 Å². The van der Waals surface area contributed by atoms with Crippen molar-refractivity contribution in [2.75, 3.05) is 19.6 Å². The Labute approximate surface area is 92.4 Å². The molecule has 0 amide bonds. The van der Waals surface area contributed by atoms with E-state index in [2.05, 4.69) is 41.1 Å². The maximum absolute atomic E-state index is 3.92. The minimum Gasteiger partial charge on any atom is -0.315 e. The van der Waals surface area contributed by atoms with Gasteiger partial charge in [0.05, 0.1) is 0 Å². The lowest BCUT2D eigenvalue weighted by atomic mass is 10.0. The summed E-state index contributed by atoms with van der Waals surface area (Å²) in [5.41, 5.74) is 1.60. The summed E-state index contributed by atoms with van der Waals surface area (Å²) in [5, 5.41) is 3.37. The number of allylic oxidation sites excluding steroid dienone is 4. The summed E-state index contributed by atoms with van der Waals surface area (Å²) in [5.74, 6) is 0. The molecule has 0 bridgehead atoms. The van der Waals surface area contributed by atoms with Gasteiger partial charge in [-0.15, -0.1) is 0 Å². The number of nitrogens with one attached hydrogen (secondary N) is 2. The number of hydrogen-bond acceptors (Lipinski definition) is 3. The molecular weight excluding hydrogens is 192 g/mol. The van der Waals surface area contributed by atoms with E-state index in [1.807, 2.05) is 0 Å². The van der Waals surface area contributed by atoms with Gasteiger partial charge in [-0.2, -0.15) is 0 Å². The fourth-order valence-corrected chi connectivity index (χ4v) is 1.67. The third-order valence-electron chi connectivity index (χ3n) is 2.35. The Morgan fingerprint density at radius 3 is 2.86 bits per heavy atom. The van der Waals surface area contributed by atoms with E-state index in [-0.39, 0.29) is 0 Å². The van der Waals surface area contributed by atoms with E-state index in [1.54, 1.807) is 5.57 Å². The zero-order valence-corrected chi connectivity index (χ0v) is 9.52. The summed E-state index contributed by atoms with van der Waals surface area (Å²) in [6.07, 6.45) is 11.6. The van der Waals surface area contributed by atoms with Crippen LogP contribution in [0.5, 0.6) is 0 Å². The second-order valence-electron chi connectivity index (χ2n) is 3.54. The predicted octanol–water partition coefficient (Wildman–Crippen LogP) is 2.07. The number of hydrogen-bond donors (Lipinski definition) is 3. The van der Waals surface area contributed by atoms with E-state index in [9.17, 15) is 0 Å². The average Bonchev–Trinajstić information content (AvgIpc) is 2.25. The summed E-state index contributed by atoms with van der Waals surface area (Å²) < 4.78 is 2.82. The first kappa shape index (κ1) is 11.8. The Balaban J connectivity index is 1.91. The predicted molar refractivity (Wildman–Crippen MR) is 65.5 cm³/mol. The molecule has 1 aliphatic rings. The van der Waals surface area contributed by atoms with Crippen LogP contribution >= 0.6 is 12.8 Å². The van der Waals surface area contributed by atoms with Gasteiger partial charge in [0.2, 0.25) is 0 Å². The lowest BCUT2D eigenvalue weighted by molar-refractivity contribution is 0.640. The van der Waals surface area contributed by atoms with Crippen molar-refractivity contribution in [2.24, 2.45) is 0 Å². The molecule has 0 spiro atoms. The fraction of sp³-hybridized carbons (Fsp3) is 0.636. The minimum atomic E-state index is 0.925. The molecule has 2 nitrogen and oxygen atoms in total. The first-order valence-electron chi connectivity index (χ1n) is 5.34. The Morgan fingerprint density at radius 2 is 2.14 bits per heavy atom. The summed E-state index contributed by atoms with van der Waals surface area (Å²) >= 11 is 3.92. The normalized spacial score (nSPS) is 15.6. The van der Waals surface area contributed by atoms with Gasteiger partial charge in [0, 0.05) is 13.1 Å². The smallest absolute Gasteiger partial charge is 0.0182 e. The van der Waals surface area contributed by atoms with Crippen LogP contribution in [0.2, 0.25) is 0 Å². The molecule has 3 heteroatoms. The molecule has 0 atom stereocenters.